The van der Waals surface area contributed by atoms with Gasteiger partial charge in [-0.1, -0.05) is 44.2 Å². The zero-order valence-electron chi connectivity index (χ0n) is 10.0. The third kappa shape index (κ3) is 2.61. The Morgan fingerprint density at radius 1 is 1.35 bits per heavy atom. The van der Waals surface area contributed by atoms with Gasteiger partial charge in [-0.15, -0.1) is 0 Å². The predicted octanol–water partition coefficient (Wildman–Crippen LogP) is 3.96. The van der Waals surface area contributed by atoms with Crippen molar-refractivity contribution in [3.05, 3.63) is 58.2 Å². The molecule has 0 spiro atoms. The Kier molecular flexibility index (Phi) is 2.84. The molecule has 2 rings (SSSR count). The molecule has 0 N–H and O–H groups in total. The molecule has 17 heavy (non-hydrogen) atoms. The lowest BCUT2D eigenvalue weighted by Gasteiger charge is -2.22. The van der Waals surface area contributed by atoms with Gasteiger partial charge < -0.3 is 0 Å². The van der Waals surface area contributed by atoms with Crippen LogP contribution < -0.4 is 0 Å². The molecule has 0 saturated heterocycles. The van der Waals surface area contributed by atoms with E-state index in [1.165, 1.54) is 6.07 Å². The fourth-order valence-corrected chi connectivity index (χ4v) is 2.07. The minimum Gasteiger partial charge on any atom is -0.258 e. The summed E-state index contributed by atoms with van der Waals surface area (Å²) in [5, 5.41) is 10.7. The van der Waals surface area contributed by atoms with E-state index in [1.54, 1.807) is 12.1 Å². The smallest absolute Gasteiger partial charge is 0.258 e. The topological polar surface area (TPSA) is 43.1 Å². The van der Waals surface area contributed by atoms with Crippen LogP contribution in [0.15, 0.2) is 42.5 Å². The predicted molar refractivity (Wildman–Crippen MR) is 68.6 cm³/mol. The van der Waals surface area contributed by atoms with Gasteiger partial charge in [-0.3, -0.25) is 10.1 Å². The van der Waals surface area contributed by atoms with Crippen molar-refractivity contribution in [1.82, 2.24) is 0 Å². The summed E-state index contributed by atoms with van der Waals surface area (Å²) in [5.41, 5.74) is 2.27. The fraction of sp³-hybridized carbons (Fsp3) is 0.286. The molecule has 1 aromatic rings. The van der Waals surface area contributed by atoms with E-state index in [1.807, 2.05) is 6.07 Å². The first-order valence-corrected chi connectivity index (χ1v) is 5.62. The quantitative estimate of drug-likeness (QED) is 0.437. The molecule has 0 saturated carbocycles. The maximum absolute atomic E-state index is 10.7. The van der Waals surface area contributed by atoms with Crippen LogP contribution in [0.2, 0.25) is 0 Å². The lowest BCUT2D eigenvalue weighted by Crippen LogP contribution is -2.07. The summed E-state index contributed by atoms with van der Waals surface area (Å²) < 4.78 is 0. The van der Waals surface area contributed by atoms with Crippen LogP contribution in [0.25, 0.3) is 5.57 Å². The van der Waals surface area contributed by atoms with Gasteiger partial charge in [-0.25, -0.2) is 0 Å². The normalized spacial score (nSPS) is 17.6. The Morgan fingerprint density at radius 2 is 2.12 bits per heavy atom. The van der Waals surface area contributed by atoms with Crippen LogP contribution in [0.5, 0.6) is 0 Å². The van der Waals surface area contributed by atoms with Gasteiger partial charge in [0.05, 0.1) is 4.92 Å². The van der Waals surface area contributed by atoms with Crippen molar-refractivity contribution in [2.24, 2.45) is 5.41 Å². The number of non-ortho nitro benzene ring substituents is 1. The van der Waals surface area contributed by atoms with Crippen LogP contribution in [-0.4, -0.2) is 4.92 Å². The molecule has 88 valence electrons. The van der Waals surface area contributed by atoms with E-state index < -0.39 is 0 Å². The number of hydrogen-bond donors (Lipinski definition) is 0. The molecule has 3 heteroatoms. The lowest BCUT2D eigenvalue weighted by atomic mass is 9.83. The molecular formula is C14H15NO2. The molecule has 0 fully saturated rings. The first kappa shape index (κ1) is 11.6. The van der Waals surface area contributed by atoms with E-state index >= 15 is 0 Å². The average molecular weight is 229 g/mol. The third-order valence-electron chi connectivity index (χ3n) is 2.86. The zero-order chi connectivity index (χ0) is 12.5. The molecule has 0 heterocycles. The summed E-state index contributed by atoms with van der Waals surface area (Å²) in [4.78, 5) is 10.4. The highest BCUT2D eigenvalue weighted by molar-refractivity contribution is 5.70. The van der Waals surface area contributed by atoms with Crippen molar-refractivity contribution >= 4 is 11.3 Å². The molecule has 0 bridgehead atoms. The molecule has 0 aliphatic heterocycles. The second-order valence-electron chi connectivity index (χ2n) is 4.90. The van der Waals surface area contributed by atoms with Gasteiger partial charge in [0, 0.05) is 17.5 Å². The Hall–Kier alpha value is -1.90. The number of nitro benzene ring substituents is 1. The molecule has 0 radical (unpaired) electrons. The van der Waals surface area contributed by atoms with E-state index in [0.29, 0.717) is 0 Å². The van der Waals surface area contributed by atoms with Crippen molar-refractivity contribution in [2.75, 3.05) is 0 Å². The molecular weight excluding hydrogens is 214 g/mol. The first-order valence-electron chi connectivity index (χ1n) is 5.62. The number of nitrogens with zero attached hydrogens (tertiary/aromatic N) is 1. The SMILES string of the molecule is CC1(C)C=CCC(c2cccc([N+](=O)[O-])c2)=C1. The number of benzene rings is 1. The van der Waals surface area contributed by atoms with Crippen LogP contribution in [0.3, 0.4) is 0 Å². The molecule has 1 aliphatic carbocycles. The van der Waals surface area contributed by atoms with Gasteiger partial charge in [0.1, 0.15) is 0 Å². The number of hydrogen-bond acceptors (Lipinski definition) is 2. The van der Waals surface area contributed by atoms with E-state index in [-0.39, 0.29) is 16.0 Å². The maximum Gasteiger partial charge on any atom is 0.270 e. The summed E-state index contributed by atoms with van der Waals surface area (Å²) in [7, 11) is 0. The van der Waals surface area contributed by atoms with E-state index in [2.05, 4.69) is 32.1 Å². The largest absolute Gasteiger partial charge is 0.270 e. The Bertz CT molecular complexity index is 513. The van der Waals surface area contributed by atoms with Crippen molar-refractivity contribution in [1.29, 1.82) is 0 Å². The van der Waals surface area contributed by atoms with Crippen LogP contribution in [-0.2, 0) is 0 Å². The Balaban J connectivity index is 2.38. The number of allylic oxidation sites excluding steroid dienone is 4. The number of nitro groups is 1. The van der Waals surface area contributed by atoms with E-state index in [4.69, 9.17) is 0 Å². The first-order chi connectivity index (χ1) is 7.98. The fourth-order valence-electron chi connectivity index (χ4n) is 2.07. The maximum atomic E-state index is 10.7. The molecule has 0 amide bonds. The van der Waals surface area contributed by atoms with Crippen molar-refractivity contribution < 1.29 is 4.92 Å². The summed E-state index contributed by atoms with van der Waals surface area (Å²) in [5.74, 6) is 0. The van der Waals surface area contributed by atoms with Crippen LogP contribution in [0, 0.1) is 15.5 Å². The molecule has 0 unspecified atom stereocenters. The average Bonchev–Trinajstić information content (AvgIpc) is 2.28. The van der Waals surface area contributed by atoms with E-state index in [0.717, 1.165) is 17.6 Å². The highest BCUT2D eigenvalue weighted by Gasteiger charge is 2.17. The highest BCUT2D eigenvalue weighted by atomic mass is 16.6. The summed E-state index contributed by atoms with van der Waals surface area (Å²) in [6, 6.07) is 6.82. The van der Waals surface area contributed by atoms with Gasteiger partial charge in [0.15, 0.2) is 0 Å². The minimum atomic E-state index is -0.353. The summed E-state index contributed by atoms with van der Waals surface area (Å²) in [6.07, 6.45) is 7.29. The Labute approximate surface area is 101 Å². The molecule has 0 aromatic heterocycles. The van der Waals surface area contributed by atoms with Gasteiger partial charge in [0.2, 0.25) is 0 Å². The molecule has 1 aliphatic rings. The number of rotatable bonds is 2. The van der Waals surface area contributed by atoms with Gasteiger partial charge in [-0.05, 0) is 17.6 Å². The monoisotopic (exact) mass is 229 g/mol. The van der Waals surface area contributed by atoms with Crippen molar-refractivity contribution in [3.63, 3.8) is 0 Å². The highest BCUT2D eigenvalue weighted by Crippen LogP contribution is 2.33. The van der Waals surface area contributed by atoms with Crippen molar-refractivity contribution in [3.8, 4) is 0 Å². The Morgan fingerprint density at radius 3 is 2.76 bits per heavy atom. The zero-order valence-corrected chi connectivity index (χ0v) is 10.0. The summed E-state index contributed by atoms with van der Waals surface area (Å²) in [6.45, 7) is 4.25. The second kappa shape index (κ2) is 4.17. The van der Waals surface area contributed by atoms with Gasteiger partial charge in [0.25, 0.3) is 5.69 Å². The lowest BCUT2D eigenvalue weighted by molar-refractivity contribution is -0.384. The molecule has 1 aromatic carbocycles. The standard InChI is InChI=1S/C14H15NO2/c1-14(2)8-4-6-12(10-14)11-5-3-7-13(9-11)15(16)17/h3-5,7-10H,6H2,1-2H3. The van der Waals surface area contributed by atoms with Gasteiger partial charge in [-0.2, -0.15) is 0 Å². The minimum absolute atomic E-state index is 0.0260. The van der Waals surface area contributed by atoms with Crippen LogP contribution >= 0.6 is 0 Å². The second-order valence-corrected chi connectivity index (χ2v) is 4.90. The third-order valence-corrected chi connectivity index (χ3v) is 2.86. The van der Waals surface area contributed by atoms with Gasteiger partial charge >= 0.3 is 0 Å². The van der Waals surface area contributed by atoms with Crippen LogP contribution in [0.1, 0.15) is 25.8 Å². The van der Waals surface area contributed by atoms with E-state index in [9.17, 15) is 10.1 Å². The summed E-state index contributed by atoms with van der Waals surface area (Å²) >= 11 is 0. The molecule has 3 nitrogen and oxygen atoms in total. The van der Waals surface area contributed by atoms with Crippen LogP contribution in [0.4, 0.5) is 5.69 Å². The van der Waals surface area contributed by atoms with Crippen molar-refractivity contribution in [2.45, 2.75) is 20.3 Å². The molecule has 0 atom stereocenters.